The van der Waals surface area contributed by atoms with Crippen molar-refractivity contribution in [3.63, 3.8) is 0 Å². The van der Waals surface area contributed by atoms with E-state index >= 15 is 0 Å². The fourth-order valence-corrected chi connectivity index (χ4v) is 3.60. The fourth-order valence-electron chi connectivity index (χ4n) is 2.64. The van der Waals surface area contributed by atoms with Crippen LogP contribution in [0.25, 0.3) is 0 Å². The Kier molecular flexibility index (Phi) is 6.49. The molecule has 1 N–H and O–H groups in total. The Bertz CT molecular complexity index is 1010. The molecule has 0 aliphatic rings. The van der Waals surface area contributed by atoms with E-state index in [0.29, 0.717) is 21.8 Å². The van der Waals surface area contributed by atoms with Crippen LogP contribution in [0.2, 0.25) is 5.02 Å². The zero-order valence-electron chi connectivity index (χ0n) is 16.9. The first-order valence-corrected chi connectivity index (χ1v) is 10.3. The monoisotopic (exact) mass is 434 g/mol. The van der Waals surface area contributed by atoms with Crippen molar-refractivity contribution in [2.75, 3.05) is 5.32 Å². The van der Waals surface area contributed by atoms with Crippen LogP contribution in [0.15, 0.2) is 29.4 Å². The Hall–Kier alpha value is -2.52. The summed E-state index contributed by atoms with van der Waals surface area (Å²) in [5.74, 6) is 1.24. The highest BCUT2D eigenvalue weighted by Gasteiger charge is 2.21. The van der Waals surface area contributed by atoms with Crippen LogP contribution in [0, 0.1) is 13.8 Å². The van der Waals surface area contributed by atoms with Gasteiger partial charge in [0.1, 0.15) is 12.4 Å². The summed E-state index contributed by atoms with van der Waals surface area (Å²) in [4.78, 5) is 12.6. The Balaban J connectivity index is 1.61. The van der Waals surface area contributed by atoms with Crippen LogP contribution in [-0.4, -0.2) is 35.7 Å². The van der Waals surface area contributed by atoms with Gasteiger partial charge in [0.2, 0.25) is 5.91 Å². The fraction of sp³-hybridized carbons (Fsp3) is 0.368. The van der Waals surface area contributed by atoms with Crippen molar-refractivity contribution >= 4 is 35.0 Å². The van der Waals surface area contributed by atoms with E-state index in [-0.39, 0.29) is 17.8 Å². The van der Waals surface area contributed by atoms with Crippen molar-refractivity contribution in [1.29, 1.82) is 0 Å². The molecule has 3 rings (SSSR count). The minimum atomic E-state index is -0.359. The minimum Gasteiger partial charge on any atom is -0.486 e. The van der Waals surface area contributed by atoms with Gasteiger partial charge in [0.05, 0.1) is 22.3 Å². The molecule has 0 saturated heterocycles. The van der Waals surface area contributed by atoms with Gasteiger partial charge < -0.3 is 14.6 Å². The summed E-state index contributed by atoms with van der Waals surface area (Å²) in [6.45, 7) is 5.89. The highest BCUT2D eigenvalue weighted by molar-refractivity contribution is 8.00. The van der Waals surface area contributed by atoms with Gasteiger partial charge in [-0.1, -0.05) is 23.4 Å². The van der Waals surface area contributed by atoms with Crippen molar-refractivity contribution in [3.8, 4) is 5.75 Å². The van der Waals surface area contributed by atoms with Gasteiger partial charge in [-0.25, -0.2) is 0 Å². The normalized spacial score (nSPS) is 12.1. The van der Waals surface area contributed by atoms with Gasteiger partial charge in [-0.05, 0) is 45.0 Å². The van der Waals surface area contributed by atoms with Crippen molar-refractivity contribution in [2.45, 2.75) is 37.8 Å². The van der Waals surface area contributed by atoms with E-state index < -0.39 is 0 Å². The molecule has 29 heavy (non-hydrogen) atoms. The maximum atomic E-state index is 12.6. The van der Waals surface area contributed by atoms with E-state index in [0.717, 1.165) is 17.1 Å². The quantitative estimate of drug-likeness (QED) is 0.572. The molecule has 1 amide bonds. The van der Waals surface area contributed by atoms with Gasteiger partial charge >= 0.3 is 0 Å². The molecule has 1 aromatic carbocycles. The zero-order valence-corrected chi connectivity index (χ0v) is 18.5. The average molecular weight is 435 g/mol. The molecule has 8 nitrogen and oxygen atoms in total. The first-order valence-electron chi connectivity index (χ1n) is 9.00. The predicted molar refractivity (Wildman–Crippen MR) is 113 cm³/mol. The summed E-state index contributed by atoms with van der Waals surface area (Å²) in [6, 6.07) is 7.12. The Morgan fingerprint density at radius 2 is 1.93 bits per heavy atom. The standard InChI is InChI=1S/C19H23ClN6O2S/c1-11-17(12(2)26(5)24-11)21-18(27)13(3)29-19-23-22-16(25(19)4)10-28-15-8-6-14(20)7-9-15/h6-9,13H,10H2,1-5H3,(H,21,27)/t13-/m0/s1. The average Bonchev–Trinajstić information content (AvgIpc) is 3.15. The molecule has 0 fully saturated rings. The lowest BCUT2D eigenvalue weighted by molar-refractivity contribution is -0.115. The van der Waals surface area contributed by atoms with Crippen LogP contribution >= 0.6 is 23.4 Å². The molecule has 2 heterocycles. The SMILES string of the molecule is Cc1nn(C)c(C)c1NC(=O)[C@H](C)Sc1nnc(COc2ccc(Cl)cc2)n1C. The number of aromatic nitrogens is 5. The molecule has 0 unspecified atom stereocenters. The first-order chi connectivity index (χ1) is 13.8. The molecule has 3 aromatic rings. The number of hydrogen-bond acceptors (Lipinski definition) is 6. The van der Waals surface area contributed by atoms with E-state index in [2.05, 4.69) is 20.6 Å². The summed E-state index contributed by atoms with van der Waals surface area (Å²) in [7, 11) is 3.70. The second-order valence-electron chi connectivity index (χ2n) is 6.62. The number of halogens is 1. The number of rotatable bonds is 7. The molecule has 0 spiro atoms. The van der Waals surface area contributed by atoms with E-state index in [1.165, 1.54) is 11.8 Å². The van der Waals surface area contributed by atoms with E-state index in [1.54, 1.807) is 28.9 Å². The van der Waals surface area contributed by atoms with Crippen molar-refractivity contribution < 1.29 is 9.53 Å². The lowest BCUT2D eigenvalue weighted by Crippen LogP contribution is -2.23. The maximum Gasteiger partial charge on any atom is 0.237 e. The lowest BCUT2D eigenvalue weighted by atomic mass is 10.3. The van der Waals surface area contributed by atoms with Crippen LogP contribution in [0.4, 0.5) is 5.69 Å². The van der Waals surface area contributed by atoms with Crippen LogP contribution < -0.4 is 10.1 Å². The number of aryl methyl sites for hydroxylation is 2. The van der Waals surface area contributed by atoms with E-state index in [9.17, 15) is 4.79 Å². The number of nitrogens with zero attached hydrogens (tertiary/aromatic N) is 5. The number of hydrogen-bond donors (Lipinski definition) is 1. The molecule has 0 aliphatic heterocycles. The number of anilines is 1. The highest BCUT2D eigenvalue weighted by atomic mass is 35.5. The lowest BCUT2D eigenvalue weighted by Gasteiger charge is -2.12. The number of amides is 1. The molecule has 2 aromatic heterocycles. The van der Waals surface area contributed by atoms with E-state index in [4.69, 9.17) is 16.3 Å². The summed E-state index contributed by atoms with van der Waals surface area (Å²) in [5, 5.41) is 16.6. The van der Waals surface area contributed by atoms with E-state index in [1.807, 2.05) is 39.4 Å². The van der Waals surface area contributed by atoms with Gasteiger partial charge in [0.15, 0.2) is 11.0 Å². The van der Waals surface area contributed by atoms with Crippen molar-refractivity contribution in [2.24, 2.45) is 14.1 Å². The van der Waals surface area contributed by atoms with Crippen LogP contribution in [-0.2, 0) is 25.5 Å². The predicted octanol–water partition coefficient (Wildman–Crippen LogP) is 3.52. The van der Waals surface area contributed by atoms with Crippen LogP contribution in [0.1, 0.15) is 24.1 Å². The molecule has 0 bridgehead atoms. The summed E-state index contributed by atoms with van der Waals surface area (Å²) in [6.07, 6.45) is 0. The number of benzene rings is 1. The third kappa shape index (κ3) is 4.91. The van der Waals surface area contributed by atoms with Gasteiger partial charge in [0, 0.05) is 19.1 Å². The van der Waals surface area contributed by atoms with Crippen molar-refractivity contribution in [1.82, 2.24) is 24.5 Å². The van der Waals surface area contributed by atoms with Crippen LogP contribution in [0.5, 0.6) is 5.75 Å². The van der Waals surface area contributed by atoms with Gasteiger partial charge in [-0.2, -0.15) is 5.10 Å². The summed E-state index contributed by atoms with van der Waals surface area (Å²) >= 11 is 7.22. The van der Waals surface area contributed by atoms with Crippen molar-refractivity contribution in [3.05, 3.63) is 46.5 Å². The molecule has 0 aliphatic carbocycles. The molecule has 0 saturated carbocycles. The number of nitrogens with one attached hydrogen (secondary N) is 1. The van der Waals surface area contributed by atoms with Gasteiger partial charge in [0.25, 0.3) is 0 Å². The molecule has 154 valence electrons. The Morgan fingerprint density at radius 1 is 1.24 bits per heavy atom. The molecule has 10 heteroatoms. The largest absolute Gasteiger partial charge is 0.486 e. The molecular weight excluding hydrogens is 412 g/mol. The maximum absolute atomic E-state index is 12.6. The third-order valence-corrected chi connectivity index (χ3v) is 5.90. The number of carbonyl (C=O) groups is 1. The minimum absolute atomic E-state index is 0.115. The second kappa shape index (κ2) is 8.87. The zero-order chi connectivity index (χ0) is 21.1. The summed E-state index contributed by atoms with van der Waals surface area (Å²) in [5.41, 5.74) is 2.45. The first kappa shape index (κ1) is 21.2. The Morgan fingerprint density at radius 3 is 2.55 bits per heavy atom. The second-order valence-corrected chi connectivity index (χ2v) is 8.36. The molecule has 1 atom stereocenters. The van der Waals surface area contributed by atoms with Gasteiger partial charge in [-0.15, -0.1) is 10.2 Å². The molecular formula is C19H23ClN6O2S. The number of thioether (sulfide) groups is 1. The summed E-state index contributed by atoms with van der Waals surface area (Å²) < 4.78 is 9.29. The molecule has 0 radical (unpaired) electrons. The third-order valence-electron chi connectivity index (χ3n) is 4.52. The number of carbonyl (C=O) groups excluding carboxylic acids is 1. The topological polar surface area (TPSA) is 86.9 Å². The van der Waals surface area contributed by atoms with Gasteiger partial charge in [-0.3, -0.25) is 9.48 Å². The highest BCUT2D eigenvalue weighted by Crippen LogP contribution is 2.25. The smallest absolute Gasteiger partial charge is 0.237 e. The van der Waals surface area contributed by atoms with Crippen LogP contribution in [0.3, 0.4) is 0 Å². The number of ether oxygens (including phenoxy) is 1. The Labute approximate surface area is 178 Å².